The second-order valence-electron chi connectivity index (χ2n) is 23.3. The molecule has 0 radical (unpaired) electrons. The summed E-state index contributed by atoms with van der Waals surface area (Å²) in [6.45, 7) is 15.8. The number of pyridine rings is 1. The number of aromatic nitrogens is 2. The van der Waals surface area contributed by atoms with Crippen LogP contribution in [0.5, 0.6) is 11.5 Å². The minimum absolute atomic E-state index is 0. The van der Waals surface area contributed by atoms with Crippen LogP contribution >= 0.6 is 0 Å². The van der Waals surface area contributed by atoms with Gasteiger partial charge in [-0.2, -0.15) is 12.1 Å². The molecule has 0 unspecified atom stereocenters. The molecule has 0 fully saturated rings. The zero-order valence-corrected chi connectivity index (χ0v) is 48.5. The fraction of sp³-hybridized carbons (Fsp3) is 0.120. The summed E-state index contributed by atoms with van der Waals surface area (Å²) >= 11 is 0. The molecule has 3 heterocycles. The standard InChI is InChI=1S/C75H59N4O.Pt/c1-73(2,3)52-35-37-53(38-36-52)75(65-31-15-13-27-61(65)62-28-14-16-32-66(62)75)55-39-41-63-64-42-40-58(48-70(64)79(69(63)45-55)71-46-54(43-44-76-71)74(4,5)6)80-57-26-19-25-56(47-57)77-49-78(68-34-18-17-33-67(68)77)72-59(50-21-9-7-10-22-50)29-20-30-60(72)51-23-11-8-12-24-51;/h7-46,49H,1-6H3;/q-3;. The van der Waals surface area contributed by atoms with Crippen molar-refractivity contribution >= 4 is 44.6 Å². The van der Waals surface area contributed by atoms with E-state index in [0.717, 1.165) is 72.6 Å². The van der Waals surface area contributed by atoms with Crippen LogP contribution in [0.3, 0.4) is 0 Å². The van der Waals surface area contributed by atoms with Crippen LogP contribution in [-0.4, -0.2) is 9.55 Å². The van der Waals surface area contributed by atoms with Gasteiger partial charge in [0.15, 0.2) is 0 Å². The van der Waals surface area contributed by atoms with Crippen molar-refractivity contribution in [1.29, 1.82) is 0 Å². The summed E-state index contributed by atoms with van der Waals surface area (Å²) in [4.78, 5) is 9.68. The quantitative estimate of drug-likeness (QED) is 0.135. The maximum absolute atomic E-state index is 6.90. The first kappa shape index (κ1) is 51.7. The van der Waals surface area contributed by atoms with Crippen molar-refractivity contribution in [3.05, 3.63) is 295 Å². The van der Waals surface area contributed by atoms with Crippen molar-refractivity contribution in [2.45, 2.75) is 57.8 Å². The van der Waals surface area contributed by atoms with E-state index in [2.05, 4.69) is 293 Å². The number of rotatable bonds is 9. The molecule has 12 aromatic rings. The Morgan fingerprint density at radius 3 is 1.64 bits per heavy atom. The van der Waals surface area contributed by atoms with Gasteiger partial charge < -0.3 is 19.1 Å². The van der Waals surface area contributed by atoms with E-state index in [9.17, 15) is 0 Å². The Morgan fingerprint density at radius 1 is 0.457 bits per heavy atom. The van der Waals surface area contributed by atoms with Crippen LogP contribution < -0.4 is 14.5 Å². The Balaban J connectivity index is 0.00000618. The van der Waals surface area contributed by atoms with Gasteiger partial charge in [-0.3, -0.25) is 0 Å². The smallest absolute Gasteiger partial charge is 0.135 e. The van der Waals surface area contributed by atoms with Gasteiger partial charge in [-0.15, -0.1) is 48.1 Å². The molecule has 2 aromatic heterocycles. The fourth-order valence-corrected chi connectivity index (χ4v) is 12.4. The molecule has 0 saturated heterocycles. The Bertz CT molecular complexity index is 4240. The van der Waals surface area contributed by atoms with Crippen molar-refractivity contribution in [2.75, 3.05) is 9.80 Å². The second kappa shape index (κ2) is 20.1. The van der Waals surface area contributed by atoms with Gasteiger partial charge in [0.25, 0.3) is 0 Å². The van der Waals surface area contributed by atoms with E-state index in [1.165, 1.54) is 44.5 Å². The SMILES string of the molecule is CC(C)(C)c1ccc(C2(c3ccc4c5ccc(Oc6[c-]c(N7[CH-]N(c8c(-c9ccccc9)cccc8-c8ccccc8)c8ccccc87)ccc6)[c-]c5n(-c5cc(C(C)(C)C)ccn5)c4c3)c3ccccc3-c3ccccc32)cc1.[Pt]. The van der Waals surface area contributed by atoms with Crippen molar-refractivity contribution in [1.82, 2.24) is 9.55 Å². The summed E-state index contributed by atoms with van der Waals surface area (Å²) < 4.78 is 9.19. The topological polar surface area (TPSA) is 33.5 Å². The summed E-state index contributed by atoms with van der Waals surface area (Å²) in [6, 6.07) is 93.0. The summed E-state index contributed by atoms with van der Waals surface area (Å²) in [5, 5.41) is 2.17. The average Bonchev–Trinajstić information content (AvgIpc) is 4.29. The molecule has 0 amide bonds. The summed E-state index contributed by atoms with van der Waals surface area (Å²) in [7, 11) is 0. The van der Waals surface area contributed by atoms with Gasteiger partial charge in [-0.1, -0.05) is 223 Å². The number of anilines is 4. The van der Waals surface area contributed by atoms with E-state index in [0.29, 0.717) is 11.5 Å². The van der Waals surface area contributed by atoms with Crippen LogP contribution in [0.1, 0.15) is 74.9 Å². The van der Waals surface area contributed by atoms with E-state index in [-0.39, 0.29) is 31.9 Å². The molecular weight excluding hydrogens is 1170 g/mol. The van der Waals surface area contributed by atoms with Gasteiger partial charge >= 0.3 is 0 Å². The molecule has 0 bridgehead atoms. The third-order valence-corrected chi connectivity index (χ3v) is 16.4. The molecular formula is C75H59N4OPt-3. The molecule has 0 saturated carbocycles. The average molecular weight is 1230 g/mol. The van der Waals surface area contributed by atoms with Crippen molar-refractivity contribution < 1.29 is 25.8 Å². The Hall–Kier alpha value is -8.76. The molecule has 2 aliphatic rings. The van der Waals surface area contributed by atoms with Gasteiger partial charge in [0.2, 0.25) is 0 Å². The molecule has 0 atom stereocenters. The van der Waals surface area contributed by atoms with Crippen LogP contribution in [0.4, 0.5) is 22.7 Å². The maximum atomic E-state index is 6.90. The van der Waals surface area contributed by atoms with Gasteiger partial charge in [0.05, 0.1) is 5.41 Å². The number of ether oxygens (including phenoxy) is 1. The van der Waals surface area contributed by atoms with E-state index < -0.39 is 5.41 Å². The monoisotopic (exact) mass is 1230 g/mol. The molecule has 14 rings (SSSR count). The van der Waals surface area contributed by atoms with Gasteiger partial charge in [0, 0.05) is 72.5 Å². The predicted octanol–water partition coefficient (Wildman–Crippen LogP) is 19.3. The molecule has 6 heteroatoms. The first-order chi connectivity index (χ1) is 38.9. The minimum atomic E-state index is -0.599. The molecule has 1 aliphatic carbocycles. The third-order valence-electron chi connectivity index (χ3n) is 16.4. The van der Waals surface area contributed by atoms with Crippen molar-refractivity contribution in [2.24, 2.45) is 0 Å². The summed E-state index contributed by atoms with van der Waals surface area (Å²) in [6.07, 6.45) is 1.94. The zero-order chi connectivity index (χ0) is 54.3. The second-order valence-corrected chi connectivity index (χ2v) is 23.3. The molecule has 0 spiro atoms. The minimum Gasteiger partial charge on any atom is -0.509 e. The number of hydrogen-bond acceptors (Lipinski definition) is 4. The number of nitrogens with zero attached hydrogens (tertiary/aromatic N) is 4. The van der Waals surface area contributed by atoms with E-state index >= 15 is 0 Å². The Kier molecular flexibility index (Phi) is 12.8. The first-order valence-electron chi connectivity index (χ1n) is 27.7. The molecule has 1 aliphatic heterocycles. The van der Waals surface area contributed by atoms with Gasteiger partial charge in [0.1, 0.15) is 5.82 Å². The maximum Gasteiger partial charge on any atom is 0.135 e. The van der Waals surface area contributed by atoms with Crippen LogP contribution in [0.2, 0.25) is 0 Å². The Morgan fingerprint density at radius 2 is 1.00 bits per heavy atom. The van der Waals surface area contributed by atoms with Crippen LogP contribution in [-0.2, 0) is 37.3 Å². The van der Waals surface area contributed by atoms with Gasteiger partial charge in [-0.25, -0.2) is 4.98 Å². The number of fused-ring (bicyclic) bond motifs is 7. The summed E-state index contributed by atoms with van der Waals surface area (Å²) in [5.41, 5.74) is 19.8. The molecule has 5 nitrogen and oxygen atoms in total. The summed E-state index contributed by atoms with van der Waals surface area (Å²) in [5.74, 6) is 1.98. The predicted molar refractivity (Wildman–Crippen MR) is 330 cm³/mol. The van der Waals surface area contributed by atoms with Crippen molar-refractivity contribution in [3.8, 4) is 50.7 Å². The van der Waals surface area contributed by atoms with E-state index in [1.54, 1.807) is 0 Å². The van der Waals surface area contributed by atoms with Crippen molar-refractivity contribution in [3.63, 3.8) is 0 Å². The number of hydrogen-bond donors (Lipinski definition) is 0. The van der Waals surface area contributed by atoms with E-state index in [4.69, 9.17) is 9.72 Å². The molecule has 398 valence electrons. The first-order valence-corrected chi connectivity index (χ1v) is 27.7. The molecule has 0 N–H and O–H groups in total. The normalized spacial score (nSPS) is 13.5. The van der Waals surface area contributed by atoms with E-state index in [1.807, 2.05) is 24.4 Å². The Labute approximate surface area is 490 Å². The largest absolute Gasteiger partial charge is 0.509 e. The molecule has 81 heavy (non-hydrogen) atoms. The van der Waals surface area contributed by atoms with Gasteiger partial charge in [-0.05, 0) is 102 Å². The third kappa shape index (κ3) is 8.69. The number of para-hydroxylation sites is 3. The molecule has 10 aromatic carbocycles. The van der Waals surface area contributed by atoms with Crippen LogP contribution in [0.15, 0.2) is 243 Å². The van der Waals surface area contributed by atoms with Crippen LogP contribution in [0.25, 0.3) is 61.0 Å². The fourth-order valence-electron chi connectivity index (χ4n) is 12.4. The number of benzene rings is 10. The zero-order valence-electron chi connectivity index (χ0n) is 46.2. The van der Waals surface area contributed by atoms with Crippen LogP contribution in [0, 0.1) is 18.8 Å².